The minimum absolute atomic E-state index is 0.185. The van der Waals surface area contributed by atoms with Crippen LogP contribution in [0.1, 0.15) is 45.4 Å². The highest BCUT2D eigenvalue weighted by molar-refractivity contribution is 5.67. The van der Waals surface area contributed by atoms with Crippen molar-refractivity contribution in [3.8, 4) is 0 Å². The quantitative estimate of drug-likeness (QED) is 0.626. The van der Waals surface area contributed by atoms with Crippen LogP contribution in [-0.4, -0.2) is 50.4 Å². The first-order valence-corrected chi connectivity index (χ1v) is 7.97. The number of hydrogen-bond acceptors (Lipinski definition) is 4. The first-order valence-electron chi connectivity index (χ1n) is 7.97. The lowest BCUT2D eigenvalue weighted by Gasteiger charge is -2.15. The van der Waals surface area contributed by atoms with Crippen LogP contribution < -0.4 is 5.73 Å². The number of nitrogens with two attached hydrogens (primary N) is 1. The summed E-state index contributed by atoms with van der Waals surface area (Å²) in [6, 6.07) is 0. The fraction of sp³-hybridized carbons (Fsp3) is 0.933. The lowest BCUT2D eigenvalue weighted by Crippen LogP contribution is -2.29. The van der Waals surface area contributed by atoms with E-state index in [1.54, 1.807) is 4.90 Å². The number of rotatable bonds is 10. The molecule has 1 heterocycles. The Balaban J connectivity index is 1.94. The Morgan fingerprint density at radius 3 is 2.75 bits per heavy atom. The topological polar surface area (TPSA) is 64.8 Å². The van der Waals surface area contributed by atoms with Gasteiger partial charge in [-0.1, -0.05) is 19.3 Å². The third-order valence-corrected chi connectivity index (χ3v) is 3.66. The summed E-state index contributed by atoms with van der Waals surface area (Å²) >= 11 is 0. The fourth-order valence-corrected chi connectivity index (χ4v) is 2.48. The zero-order chi connectivity index (χ0) is 14.6. The summed E-state index contributed by atoms with van der Waals surface area (Å²) in [5.74, 6) is 0.469. The predicted octanol–water partition coefficient (Wildman–Crippen LogP) is 2.39. The van der Waals surface area contributed by atoms with Gasteiger partial charge in [-0.15, -0.1) is 0 Å². The molecule has 0 spiro atoms. The maximum Gasteiger partial charge on any atom is 0.409 e. The molecule has 5 heteroatoms. The first kappa shape index (κ1) is 17.2. The van der Waals surface area contributed by atoms with Crippen molar-refractivity contribution in [2.24, 2.45) is 11.7 Å². The van der Waals surface area contributed by atoms with Crippen molar-refractivity contribution in [1.82, 2.24) is 4.90 Å². The molecule has 5 nitrogen and oxygen atoms in total. The molecule has 118 valence electrons. The Bertz CT molecular complexity index is 262. The zero-order valence-corrected chi connectivity index (χ0v) is 12.8. The van der Waals surface area contributed by atoms with E-state index < -0.39 is 0 Å². The molecular weight excluding hydrogens is 256 g/mol. The SMILES string of the molecule is CCOC(=O)N1CCC(COCCCCCCCN)C1. The molecule has 0 aromatic heterocycles. The molecule has 1 unspecified atom stereocenters. The van der Waals surface area contributed by atoms with Gasteiger partial charge in [0.05, 0.1) is 13.2 Å². The van der Waals surface area contributed by atoms with E-state index in [1.165, 1.54) is 19.3 Å². The third kappa shape index (κ3) is 7.10. The monoisotopic (exact) mass is 286 g/mol. The van der Waals surface area contributed by atoms with Gasteiger partial charge in [0, 0.05) is 25.6 Å². The van der Waals surface area contributed by atoms with Gasteiger partial charge in [0.15, 0.2) is 0 Å². The highest BCUT2D eigenvalue weighted by Gasteiger charge is 2.26. The van der Waals surface area contributed by atoms with E-state index in [1.807, 2.05) is 6.92 Å². The van der Waals surface area contributed by atoms with Gasteiger partial charge in [0.25, 0.3) is 0 Å². The summed E-state index contributed by atoms with van der Waals surface area (Å²) in [6.07, 6.45) is 6.80. The molecule has 1 aliphatic rings. The van der Waals surface area contributed by atoms with E-state index in [9.17, 15) is 4.79 Å². The molecule has 0 saturated carbocycles. The molecule has 1 atom stereocenters. The smallest absolute Gasteiger partial charge is 0.409 e. The largest absolute Gasteiger partial charge is 0.450 e. The number of carbonyl (C=O) groups excluding carboxylic acids is 1. The van der Waals surface area contributed by atoms with Gasteiger partial charge < -0.3 is 20.1 Å². The van der Waals surface area contributed by atoms with E-state index in [-0.39, 0.29) is 6.09 Å². The van der Waals surface area contributed by atoms with Crippen LogP contribution in [0, 0.1) is 5.92 Å². The molecule has 0 radical (unpaired) electrons. The number of carbonyl (C=O) groups is 1. The van der Waals surface area contributed by atoms with Crippen LogP contribution in [0.5, 0.6) is 0 Å². The van der Waals surface area contributed by atoms with E-state index >= 15 is 0 Å². The van der Waals surface area contributed by atoms with Gasteiger partial charge in [-0.2, -0.15) is 0 Å². The lowest BCUT2D eigenvalue weighted by molar-refractivity contribution is 0.0912. The van der Waals surface area contributed by atoms with Crippen LogP contribution in [0.25, 0.3) is 0 Å². The Hall–Kier alpha value is -0.810. The summed E-state index contributed by atoms with van der Waals surface area (Å²) < 4.78 is 10.7. The highest BCUT2D eigenvalue weighted by Crippen LogP contribution is 2.17. The highest BCUT2D eigenvalue weighted by atomic mass is 16.6. The number of amides is 1. The van der Waals surface area contributed by atoms with Crippen LogP contribution in [-0.2, 0) is 9.47 Å². The number of likely N-dealkylation sites (tertiary alicyclic amines) is 1. The zero-order valence-electron chi connectivity index (χ0n) is 12.8. The third-order valence-electron chi connectivity index (χ3n) is 3.66. The molecule has 1 aliphatic heterocycles. The van der Waals surface area contributed by atoms with Crippen LogP contribution in [0.15, 0.2) is 0 Å². The molecule has 0 bridgehead atoms. The predicted molar refractivity (Wildman–Crippen MR) is 79.7 cm³/mol. The Kier molecular flexibility index (Phi) is 9.41. The van der Waals surface area contributed by atoms with Crippen molar-refractivity contribution in [3.63, 3.8) is 0 Å². The van der Waals surface area contributed by atoms with Crippen LogP contribution in [0.2, 0.25) is 0 Å². The second kappa shape index (κ2) is 10.9. The molecular formula is C15H30N2O3. The first-order chi connectivity index (χ1) is 9.77. The van der Waals surface area contributed by atoms with E-state index in [0.29, 0.717) is 12.5 Å². The van der Waals surface area contributed by atoms with Gasteiger partial charge in [-0.25, -0.2) is 4.79 Å². The van der Waals surface area contributed by atoms with E-state index in [0.717, 1.165) is 52.1 Å². The number of hydrogen-bond donors (Lipinski definition) is 1. The molecule has 0 aliphatic carbocycles. The van der Waals surface area contributed by atoms with Gasteiger partial charge in [-0.05, 0) is 32.7 Å². The van der Waals surface area contributed by atoms with Crippen molar-refractivity contribution < 1.29 is 14.3 Å². The average Bonchev–Trinajstić information content (AvgIpc) is 2.91. The van der Waals surface area contributed by atoms with Crippen molar-refractivity contribution in [2.75, 3.05) is 39.5 Å². The molecule has 0 aromatic carbocycles. The maximum atomic E-state index is 11.5. The normalized spacial score (nSPS) is 18.5. The van der Waals surface area contributed by atoms with Gasteiger partial charge in [-0.3, -0.25) is 0 Å². The molecule has 20 heavy (non-hydrogen) atoms. The van der Waals surface area contributed by atoms with Gasteiger partial charge in [0.2, 0.25) is 0 Å². The van der Waals surface area contributed by atoms with Crippen LogP contribution in [0.3, 0.4) is 0 Å². The molecule has 1 rings (SSSR count). The molecule has 1 amide bonds. The Morgan fingerprint density at radius 2 is 2.00 bits per heavy atom. The Morgan fingerprint density at radius 1 is 1.25 bits per heavy atom. The standard InChI is InChI=1S/C15H30N2O3/c1-2-20-15(18)17-10-8-14(12-17)13-19-11-7-5-3-4-6-9-16/h14H,2-13,16H2,1H3. The van der Waals surface area contributed by atoms with Crippen molar-refractivity contribution in [2.45, 2.75) is 45.4 Å². The number of nitrogens with zero attached hydrogens (tertiary/aromatic N) is 1. The summed E-state index contributed by atoms with van der Waals surface area (Å²) in [6.45, 7) is 6.25. The van der Waals surface area contributed by atoms with Crippen LogP contribution in [0.4, 0.5) is 4.79 Å². The summed E-state index contributed by atoms with van der Waals surface area (Å²) in [5.41, 5.74) is 5.45. The van der Waals surface area contributed by atoms with Gasteiger partial charge >= 0.3 is 6.09 Å². The number of ether oxygens (including phenoxy) is 2. The molecule has 1 saturated heterocycles. The molecule has 0 aromatic rings. The second-order valence-corrected chi connectivity index (χ2v) is 5.43. The number of unbranched alkanes of at least 4 members (excludes halogenated alkanes) is 4. The Labute approximate surface area is 122 Å². The summed E-state index contributed by atoms with van der Waals surface area (Å²) in [7, 11) is 0. The van der Waals surface area contributed by atoms with Crippen LogP contribution >= 0.6 is 0 Å². The second-order valence-electron chi connectivity index (χ2n) is 5.43. The summed E-state index contributed by atoms with van der Waals surface area (Å²) in [5, 5.41) is 0. The van der Waals surface area contributed by atoms with E-state index in [4.69, 9.17) is 15.2 Å². The van der Waals surface area contributed by atoms with Crippen molar-refractivity contribution in [3.05, 3.63) is 0 Å². The average molecular weight is 286 g/mol. The van der Waals surface area contributed by atoms with Crippen molar-refractivity contribution >= 4 is 6.09 Å². The van der Waals surface area contributed by atoms with Gasteiger partial charge in [0.1, 0.15) is 0 Å². The van der Waals surface area contributed by atoms with Crippen molar-refractivity contribution in [1.29, 1.82) is 0 Å². The lowest BCUT2D eigenvalue weighted by atomic mass is 10.1. The molecule has 1 fully saturated rings. The molecule has 2 N–H and O–H groups in total. The maximum absolute atomic E-state index is 11.5. The minimum Gasteiger partial charge on any atom is -0.450 e. The summed E-state index contributed by atoms with van der Waals surface area (Å²) in [4.78, 5) is 13.3. The van der Waals surface area contributed by atoms with E-state index in [2.05, 4.69) is 0 Å². The fourth-order valence-electron chi connectivity index (χ4n) is 2.48. The minimum atomic E-state index is -0.185.